The van der Waals surface area contributed by atoms with Crippen LogP contribution in [0.25, 0.3) is 5.57 Å². The standard InChI is InChI=1S/C32H43N3O3/c1-8-24(19-27(9-2)33-17-16-21(3)4)26-12-15-31-29(20-26)30(18-22(5)35(31)23(6)36)34-28-13-10-25(11-14-28)32(37)38-7/h8,10-15,19-22,30,33-34H,9,16-18H2,1-7H3/b24-8+,27-19+/t22-,30+/m0/s1. The number of allylic oxidation sites excluding steroid dienone is 4. The zero-order chi connectivity index (χ0) is 27.8. The highest BCUT2D eigenvalue weighted by Crippen LogP contribution is 2.40. The van der Waals surface area contributed by atoms with Crippen molar-refractivity contribution in [3.8, 4) is 0 Å². The topological polar surface area (TPSA) is 70.7 Å². The van der Waals surface area contributed by atoms with Gasteiger partial charge in [-0.3, -0.25) is 4.79 Å². The van der Waals surface area contributed by atoms with Crippen LogP contribution in [0.2, 0.25) is 0 Å². The first-order chi connectivity index (χ1) is 18.2. The van der Waals surface area contributed by atoms with Gasteiger partial charge >= 0.3 is 5.97 Å². The second kappa shape index (κ2) is 13.3. The van der Waals surface area contributed by atoms with Crippen LogP contribution in [0.4, 0.5) is 11.4 Å². The summed E-state index contributed by atoms with van der Waals surface area (Å²) in [6.07, 6.45) is 7.22. The molecule has 0 aliphatic carbocycles. The van der Waals surface area contributed by atoms with Crippen molar-refractivity contribution in [3.05, 3.63) is 77.0 Å². The van der Waals surface area contributed by atoms with Gasteiger partial charge in [0.2, 0.25) is 5.91 Å². The molecule has 0 bridgehead atoms. The zero-order valence-corrected chi connectivity index (χ0v) is 23.9. The van der Waals surface area contributed by atoms with E-state index in [2.05, 4.69) is 75.6 Å². The van der Waals surface area contributed by atoms with Gasteiger partial charge in [0.15, 0.2) is 0 Å². The predicted octanol–water partition coefficient (Wildman–Crippen LogP) is 7.10. The average molecular weight is 518 g/mol. The van der Waals surface area contributed by atoms with Crippen molar-refractivity contribution >= 4 is 28.8 Å². The lowest BCUT2D eigenvalue weighted by Gasteiger charge is -2.40. The van der Waals surface area contributed by atoms with Crippen molar-refractivity contribution in [2.75, 3.05) is 23.9 Å². The third-order valence-electron chi connectivity index (χ3n) is 7.09. The molecule has 6 heteroatoms. The molecule has 2 atom stereocenters. The van der Waals surface area contributed by atoms with Gasteiger partial charge in [-0.25, -0.2) is 4.79 Å². The molecule has 2 aromatic rings. The number of esters is 1. The fourth-order valence-electron chi connectivity index (χ4n) is 5.00. The molecule has 2 N–H and O–H groups in total. The smallest absolute Gasteiger partial charge is 0.337 e. The van der Waals surface area contributed by atoms with Crippen molar-refractivity contribution in [2.45, 2.75) is 72.9 Å². The lowest BCUT2D eigenvalue weighted by molar-refractivity contribution is -0.117. The van der Waals surface area contributed by atoms with E-state index in [0.717, 1.165) is 53.9 Å². The largest absolute Gasteiger partial charge is 0.465 e. The number of carbonyl (C=O) groups is 2. The van der Waals surface area contributed by atoms with E-state index in [1.54, 1.807) is 19.1 Å². The third kappa shape index (κ3) is 7.06. The van der Waals surface area contributed by atoms with Crippen molar-refractivity contribution in [1.29, 1.82) is 0 Å². The molecule has 1 heterocycles. The first-order valence-corrected chi connectivity index (χ1v) is 13.7. The molecular weight excluding hydrogens is 474 g/mol. The number of carbonyl (C=O) groups excluding carboxylic acids is 2. The number of hydrogen-bond donors (Lipinski definition) is 2. The molecular formula is C32H43N3O3. The van der Waals surface area contributed by atoms with Gasteiger partial charge in [0, 0.05) is 36.6 Å². The van der Waals surface area contributed by atoms with Crippen molar-refractivity contribution in [3.63, 3.8) is 0 Å². The number of rotatable bonds is 10. The Kier molecular flexibility index (Phi) is 10.2. The molecule has 0 aromatic heterocycles. The highest BCUT2D eigenvalue weighted by atomic mass is 16.5. The minimum atomic E-state index is -0.355. The zero-order valence-electron chi connectivity index (χ0n) is 23.9. The summed E-state index contributed by atoms with van der Waals surface area (Å²) in [4.78, 5) is 26.3. The van der Waals surface area contributed by atoms with Crippen LogP contribution in [-0.4, -0.2) is 31.6 Å². The maximum absolute atomic E-state index is 12.6. The number of methoxy groups -OCH3 is 1. The summed E-state index contributed by atoms with van der Waals surface area (Å²) in [5.41, 5.74) is 6.94. The summed E-state index contributed by atoms with van der Waals surface area (Å²) in [5.74, 6) is 0.350. The summed E-state index contributed by atoms with van der Waals surface area (Å²) >= 11 is 0. The molecule has 0 unspecified atom stereocenters. The molecule has 1 aliphatic heterocycles. The van der Waals surface area contributed by atoms with Crippen molar-refractivity contribution < 1.29 is 14.3 Å². The molecule has 204 valence electrons. The second-order valence-corrected chi connectivity index (χ2v) is 10.4. The first kappa shape index (κ1) is 29.0. The Labute approximate surface area is 228 Å². The molecule has 0 saturated carbocycles. The molecule has 1 aliphatic rings. The number of hydrogen-bond acceptors (Lipinski definition) is 5. The van der Waals surface area contributed by atoms with E-state index < -0.39 is 0 Å². The summed E-state index contributed by atoms with van der Waals surface area (Å²) < 4.78 is 4.82. The van der Waals surface area contributed by atoms with Crippen LogP contribution in [-0.2, 0) is 9.53 Å². The van der Waals surface area contributed by atoms with Crippen LogP contribution < -0.4 is 15.5 Å². The van der Waals surface area contributed by atoms with Gasteiger partial charge in [0.05, 0.1) is 18.7 Å². The highest BCUT2D eigenvalue weighted by Gasteiger charge is 2.32. The van der Waals surface area contributed by atoms with Crippen LogP contribution in [0.1, 0.15) is 88.3 Å². The number of amides is 1. The normalized spacial score (nSPS) is 17.7. The molecule has 3 rings (SSSR count). The fraction of sp³-hybridized carbons (Fsp3) is 0.438. The Morgan fingerprint density at radius 3 is 2.39 bits per heavy atom. The molecule has 0 radical (unpaired) electrons. The van der Waals surface area contributed by atoms with E-state index in [-0.39, 0.29) is 24.0 Å². The lowest BCUT2D eigenvalue weighted by Crippen LogP contribution is -2.43. The number of nitrogens with one attached hydrogen (secondary N) is 2. The van der Waals surface area contributed by atoms with Crippen molar-refractivity contribution in [2.24, 2.45) is 5.92 Å². The predicted molar refractivity (Wildman–Crippen MR) is 157 cm³/mol. The summed E-state index contributed by atoms with van der Waals surface area (Å²) in [6, 6.07) is 13.8. The highest BCUT2D eigenvalue weighted by molar-refractivity contribution is 5.94. The number of fused-ring (bicyclic) bond motifs is 1. The summed E-state index contributed by atoms with van der Waals surface area (Å²) in [7, 11) is 1.38. The summed E-state index contributed by atoms with van der Waals surface area (Å²) in [6.45, 7) is 13.4. The van der Waals surface area contributed by atoms with Gasteiger partial charge in [-0.2, -0.15) is 0 Å². The maximum atomic E-state index is 12.6. The Balaban J connectivity index is 1.96. The van der Waals surface area contributed by atoms with Gasteiger partial charge in [-0.15, -0.1) is 0 Å². The van der Waals surface area contributed by atoms with Crippen LogP contribution >= 0.6 is 0 Å². The number of benzene rings is 2. The Morgan fingerprint density at radius 1 is 1.13 bits per heavy atom. The molecule has 0 spiro atoms. The molecule has 6 nitrogen and oxygen atoms in total. The number of ether oxygens (including phenoxy) is 1. The van der Waals surface area contributed by atoms with Gasteiger partial charge in [-0.05, 0) is 98.2 Å². The van der Waals surface area contributed by atoms with Crippen LogP contribution in [0.15, 0.2) is 60.3 Å². The minimum absolute atomic E-state index is 0.0106. The van der Waals surface area contributed by atoms with E-state index in [0.29, 0.717) is 11.5 Å². The molecule has 0 saturated heterocycles. The van der Waals surface area contributed by atoms with E-state index >= 15 is 0 Å². The van der Waals surface area contributed by atoms with Gasteiger partial charge in [0.25, 0.3) is 0 Å². The quantitative estimate of drug-likeness (QED) is 0.260. The van der Waals surface area contributed by atoms with Gasteiger partial charge in [0.1, 0.15) is 0 Å². The van der Waals surface area contributed by atoms with Crippen LogP contribution in [0.3, 0.4) is 0 Å². The van der Waals surface area contributed by atoms with Crippen LogP contribution in [0.5, 0.6) is 0 Å². The number of anilines is 2. The monoisotopic (exact) mass is 517 g/mol. The van der Waals surface area contributed by atoms with Crippen molar-refractivity contribution in [1.82, 2.24) is 5.32 Å². The Hall–Kier alpha value is -3.54. The Morgan fingerprint density at radius 2 is 1.82 bits per heavy atom. The van der Waals surface area contributed by atoms with Gasteiger partial charge in [-0.1, -0.05) is 32.9 Å². The van der Waals surface area contributed by atoms with E-state index in [4.69, 9.17) is 4.74 Å². The molecule has 1 amide bonds. The molecule has 38 heavy (non-hydrogen) atoms. The van der Waals surface area contributed by atoms with Crippen LogP contribution in [0, 0.1) is 5.92 Å². The van der Waals surface area contributed by atoms with Gasteiger partial charge < -0.3 is 20.3 Å². The molecule has 0 fully saturated rings. The van der Waals surface area contributed by atoms with E-state index in [1.807, 2.05) is 17.0 Å². The lowest BCUT2D eigenvalue weighted by atomic mass is 9.88. The third-order valence-corrected chi connectivity index (χ3v) is 7.09. The number of nitrogens with zero attached hydrogens (tertiary/aromatic N) is 1. The fourth-order valence-corrected chi connectivity index (χ4v) is 5.00. The Bertz CT molecular complexity index is 1180. The minimum Gasteiger partial charge on any atom is -0.465 e. The maximum Gasteiger partial charge on any atom is 0.337 e. The molecule has 2 aromatic carbocycles. The van der Waals surface area contributed by atoms with E-state index in [1.165, 1.54) is 12.8 Å². The second-order valence-electron chi connectivity index (χ2n) is 10.4. The first-order valence-electron chi connectivity index (χ1n) is 13.7. The van der Waals surface area contributed by atoms with E-state index in [9.17, 15) is 9.59 Å². The average Bonchev–Trinajstić information content (AvgIpc) is 2.90. The SMILES string of the molecule is C/C=C(\C=C(/CC)NCCC(C)C)c1ccc2c(c1)[C@H](Nc1ccc(C(=O)OC)cc1)C[C@H](C)N2C(C)=O. The summed E-state index contributed by atoms with van der Waals surface area (Å²) in [5, 5.41) is 7.25.